The van der Waals surface area contributed by atoms with E-state index in [1.165, 1.54) is 14.2 Å². The molecule has 18 heavy (non-hydrogen) atoms. The summed E-state index contributed by atoms with van der Waals surface area (Å²) in [6.07, 6.45) is -0.105. The lowest BCUT2D eigenvalue weighted by Crippen LogP contribution is -2.33. The van der Waals surface area contributed by atoms with E-state index in [0.29, 0.717) is 11.3 Å². The fourth-order valence-electron chi connectivity index (χ4n) is 1.57. The number of Topliss-reactive ketones (excluding diaryl/α,β-unsaturated/α-hetero) is 1. The standard InChI is InChI=1S/C13H17NO4/c1-8-4-5-9(12(6-8)17-2)11(15)7-10(14)13(16)18-3/h4-6,10H,7,14H2,1-3H3. The maximum atomic E-state index is 12.0. The molecule has 5 heteroatoms. The average molecular weight is 251 g/mol. The molecule has 98 valence electrons. The van der Waals surface area contributed by atoms with Crippen LogP contribution in [0.15, 0.2) is 18.2 Å². The Hall–Kier alpha value is -1.88. The molecule has 0 radical (unpaired) electrons. The van der Waals surface area contributed by atoms with Crippen molar-refractivity contribution in [3.05, 3.63) is 29.3 Å². The van der Waals surface area contributed by atoms with Gasteiger partial charge in [-0.2, -0.15) is 0 Å². The van der Waals surface area contributed by atoms with Gasteiger partial charge in [0, 0.05) is 6.42 Å². The topological polar surface area (TPSA) is 78.6 Å². The second kappa shape index (κ2) is 6.16. The Bertz CT molecular complexity index is 456. The van der Waals surface area contributed by atoms with Gasteiger partial charge in [-0.15, -0.1) is 0 Å². The number of ether oxygens (including phenoxy) is 2. The van der Waals surface area contributed by atoms with Crippen molar-refractivity contribution in [1.29, 1.82) is 0 Å². The van der Waals surface area contributed by atoms with Gasteiger partial charge in [-0.25, -0.2) is 0 Å². The molecule has 5 nitrogen and oxygen atoms in total. The van der Waals surface area contributed by atoms with E-state index in [1.807, 2.05) is 6.92 Å². The number of aryl methyl sites for hydroxylation is 1. The zero-order chi connectivity index (χ0) is 13.7. The summed E-state index contributed by atoms with van der Waals surface area (Å²) in [6, 6.07) is 4.28. The quantitative estimate of drug-likeness (QED) is 0.625. The number of ketones is 1. The lowest BCUT2D eigenvalue weighted by Gasteiger charge is -2.11. The Morgan fingerprint density at radius 2 is 2.00 bits per heavy atom. The Kier molecular flexibility index (Phi) is 4.85. The van der Waals surface area contributed by atoms with E-state index >= 15 is 0 Å². The number of rotatable bonds is 5. The van der Waals surface area contributed by atoms with Gasteiger partial charge in [0.05, 0.1) is 19.8 Å². The van der Waals surface area contributed by atoms with Crippen LogP contribution in [0, 0.1) is 6.92 Å². The highest BCUT2D eigenvalue weighted by molar-refractivity contribution is 6.01. The van der Waals surface area contributed by atoms with E-state index in [9.17, 15) is 9.59 Å². The van der Waals surface area contributed by atoms with E-state index in [2.05, 4.69) is 4.74 Å². The van der Waals surface area contributed by atoms with Gasteiger partial charge >= 0.3 is 5.97 Å². The molecule has 1 unspecified atom stereocenters. The SMILES string of the molecule is COC(=O)C(N)CC(=O)c1ccc(C)cc1OC. The summed E-state index contributed by atoms with van der Waals surface area (Å²) in [5.41, 5.74) is 6.96. The van der Waals surface area contributed by atoms with Crippen molar-refractivity contribution >= 4 is 11.8 Å². The van der Waals surface area contributed by atoms with Crippen LogP contribution in [0.4, 0.5) is 0 Å². The van der Waals surface area contributed by atoms with Crippen LogP contribution in [0.5, 0.6) is 5.75 Å². The second-order valence-electron chi connectivity index (χ2n) is 3.96. The van der Waals surface area contributed by atoms with Gasteiger partial charge in [-0.3, -0.25) is 9.59 Å². The van der Waals surface area contributed by atoms with Crippen molar-refractivity contribution in [3.8, 4) is 5.75 Å². The van der Waals surface area contributed by atoms with Crippen molar-refractivity contribution in [3.63, 3.8) is 0 Å². The minimum absolute atomic E-state index is 0.105. The Morgan fingerprint density at radius 1 is 1.33 bits per heavy atom. The molecule has 1 aromatic rings. The average Bonchev–Trinajstić information content (AvgIpc) is 2.37. The van der Waals surface area contributed by atoms with Crippen LogP contribution in [-0.2, 0) is 9.53 Å². The number of hydrogen-bond acceptors (Lipinski definition) is 5. The minimum atomic E-state index is -0.950. The summed E-state index contributed by atoms with van der Waals surface area (Å²) in [6.45, 7) is 1.90. The Balaban J connectivity index is 2.87. The number of carbonyl (C=O) groups is 2. The number of carbonyl (C=O) groups excluding carboxylic acids is 2. The smallest absolute Gasteiger partial charge is 0.323 e. The fourth-order valence-corrected chi connectivity index (χ4v) is 1.57. The van der Waals surface area contributed by atoms with E-state index in [-0.39, 0.29) is 12.2 Å². The number of methoxy groups -OCH3 is 2. The summed E-state index contributed by atoms with van der Waals surface area (Å²) in [5, 5.41) is 0. The maximum absolute atomic E-state index is 12.0. The highest BCUT2D eigenvalue weighted by Gasteiger charge is 2.21. The molecule has 0 amide bonds. The number of benzene rings is 1. The van der Waals surface area contributed by atoms with Crippen molar-refractivity contribution in [2.75, 3.05) is 14.2 Å². The first kappa shape index (κ1) is 14.2. The lowest BCUT2D eigenvalue weighted by molar-refractivity contribution is -0.142. The molecule has 1 atom stereocenters. The second-order valence-corrected chi connectivity index (χ2v) is 3.96. The van der Waals surface area contributed by atoms with Crippen LogP contribution in [0.1, 0.15) is 22.3 Å². The monoisotopic (exact) mass is 251 g/mol. The summed E-state index contributed by atoms with van der Waals surface area (Å²) in [4.78, 5) is 23.2. The summed E-state index contributed by atoms with van der Waals surface area (Å²) in [5.74, 6) is -0.365. The number of nitrogens with two attached hydrogens (primary N) is 1. The predicted molar refractivity (Wildman–Crippen MR) is 66.7 cm³/mol. The molecular formula is C13H17NO4. The predicted octanol–water partition coefficient (Wildman–Crippen LogP) is 1.08. The first-order valence-corrected chi connectivity index (χ1v) is 5.50. The fraction of sp³-hybridized carbons (Fsp3) is 0.385. The van der Waals surface area contributed by atoms with E-state index in [4.69, 9.17) is 10.5 Å². The van der Waals surface area contributed by atoms with Crippen molar-refractivity contribution in [2.24, 2.45) is 5.73 Å². The van der Waals surface area contributed by atoms with Crippen LogP contribution >= 0.6 is 0 Å². The van der Waals surface area contributed by atoms with Gasteiger partial charge in [0.1, 0.15) is 11.8 Å². The van der Waals surface area contributed by atoms with Crippen LogP contribution in [0.25, 0.3) is 0 Å². The third kappa shape index (κ3) is 3.30. The molecule has 0 aliphatic rings. The van der Waals surface area contributed by atoms with Gasteiger partial charge in [0.15, 0.2) is 5.78 Å². The molecule has 0 saturated heterocycles. The zero-order valence-electron chi connectivity index (χ0n) is 10.7. The molecule has 0 bridgehead atoms. The largest absolute Gasteiger partial charge is 0.496 e. The number of hydrogen-bond donors (Lipinski definition) is 1. The summed E-state index contributed by atoms with van der Waals surface area (Å²) in [7, 11) is 2.73. The van der Waals surface area contributed by atoms with E-state index in [0.717, 1.165) is 5.56 Å². The van der Waals surface area contributed by atoms with Crippen LogP contribution < -0.4 is 10.5 Å². The molecule has 0 heterocycles. The molecule has 0 saturated carbocycles. The van der Waals surface area contributed by atoms with E-state index < -0.39 is 12.0 Å². The van der Waals surface area contributed by atoms with E-state index in [1.54, 1.807) is 18.2 Å². The van der Waals surface area contributed by atoms with Gasteiger partial charge in [-0.05, 0) is 24.6 Å². The number of esters is 1. The molecule has 1 rings (SSSR count). The third-order valence-electron chi connectivity index (χ3n) is 2.57. The summed E-state index contributed by atoms with van der Waals surface area (Å²) >= 11 is 0. The van der Waals surface area contributed by atoms with Crippen LogP contribution in [0.3, 0.4) is 0 Å². The van der Waals surface area contributed by atoms with Gasteiger partial charge in [0.25, 0.3) is 0 Å². The van der Waals surface area contributed by atoms with Gasteiger partial charge in [0.2, 0.25) is 0 Å². The lowest BCUT2D eigenvalue weighted by atomic mass is 10.0. The molecular weight excluding hydrogens is 234 g/mol. The highest BCUT2D eigenvalue weighted by atomic mass is 16.5. The van der Waals surface area contributed by atoms with Crippen LogP contribution in [-0.4, -0.2) is 32.0 Å². The van der Waals surface area contributed by atoms with Gasteiger partial charge in [-0.1, -0.05) is 6.07 Å². The molecule has 0 aliphatic heterocycles. The first-order valence-electron chi connectivity index (χ1n) is 5.50. The van der Waals surface area contributed by atoms with Crippen molar-refractivity contribution in [1.82, 2.24) is 0 Å². The zero-order valence-corrected chi connectivity index (χ0v) is 10.7. The minimum Gasteiger partial charge on any atom is -0.496 e. The Morgan fingerprint density at radius 3 is 2.56 bits per heavy atom. The molecule has 0 aliphatic carbocycles. The highest BCUT2D eigenvalue weighted by Crippen LogP contribution is 2.21. The summed E-state index contributed by atoms with van der Waals surface area (Å²) < 4.78 is 9.61. The normalized spacial score (nSPS) is 11.8. The molecule has 0 aromatic heterocycles. The third-order valence-corrected chi connectivity index (χ3v) is 2.57. The molecule has 2 N–H and O–H groups in total. The maximum Gasteiger partial charge on any atom is 0.323 e. The Labute approximate surface area is 106 Å². The van der Waals surface area contributed by atoms with Crippen molar-refractivity contribution in [2.45, 2.75) is 19.4 Å². The molecule has 1 aromatic carbocycles. The first-order chi connectivity index (χ1) is 8.49. The van der Waals surface area contributed by atoms with Gasteiger partial charge < -0.3 is 15.2 Å². The van der Waals surface area contributed by atoms with Crippen molar-refractivity contribution < 1.29 is 19.1 Å². The molecule has 0 fully saturated rings. The molecule has 0 spiro atoms. The van der Waals surface area contributed by atoms with Crippen LogP contribution in [0.2, 0.25) is 0 Å².